The molecule has 2 aliphatic heterocycles. The number of carbonyl (C=O) groups is 2. The Bertz CT molecular complexity index is 631. The third-order valence-electron chi connectivity index (χ3n) is 4.54. The zero-order valence-electron chi connectivity index (χ0n) is 14.8. The molecule has 1 spiro atoms. The van der Waals surface area contributed by atoms with Crippen LogP contribution in [0.4, 0.5) is 0 Å². The van der Waals surface area contributed by atoms with Gasteiger partial charge in [0.1, 0.15) is 5.69 Å². The van der Waals surface area contributed by atoms with Gasteiger partial charge in [0.2, 0.25) is 0 Å². The van der Waals surface area contributed by atoms with E-state index in [0.717, 1.165) is 0 Å². The lowest BCUT2D eigenvalue weighted by atomic mass is 10.0. The first kappa shape index (κ1) is 17.8. The molecule has 2 fully saturated rings. The van der Waals surface area contributed by atoms with Crippen LogP contribution < -0.4 is 5.32 Å². The Balaban J connectivity index is 1.62. The molecule has 25 heavy (non-hydrogen) atoms. The number of amides is 2. The average molecular weight is 347 g/mol. The van der Waals surface area contributed by atoms with Crippen molar-refractivity contribution in [3.05, 3.63) is 29.6 Å². The number of pyridine rings is 1. The van der Waals surface area contributed by atoms with Gasteiger partial charge < -0.3 is 19.7 Å². The Labute approximate surface area is 147 Å². The summed E-state index contributed by atoms with van der Waals surface area (Å²) >= 11 is 0. The largest absolute Gasteiger partial charge is 0.352 e. The van der Waals surface area contributed by atoms with Crippen molar-refractivity contribution in [1.29, 1.82) is 0 Å². The minimum Gasteiger partial charge on any atom is -0.352 e. The minimum absolute atomic E-state index is 0.161. The quantitative estimate of drug-likeness (QED) is 0.891. The fraction of sp³-hybridized carbons (Fsp3) is 0.611. The number of hydrogen-bond acceptors (Lipinski definition) is 5. The molecule has 3 rings (SSSR count). The first-order valence-corrected chi connectivity index (χ1v) is 8.80. The second kappa shape index (κ2) is 7.49. The fourth-order valence-electron chi connectivity index (χ4n) is 3.09. The molecule has 3 heterocycles. The molecular weight excluding hydrogens is 322 g/mol. The summed E-state index contributed by atoms with van der Waals surface area (Å²) in [5.74, 6) is -0.488. The van der Waals surface area contributed by atoms with E-state index in [1.165, 1.54) is 6.20 Å². The van der Waals surface area contributed by atoms with Crippen molar-refractivity contribution >= 4 is 11.8 Å². The molecule has 7 heteroatoms. The Hall–Kier alpha value is -1.99. The van der Waals surface area contributed by atoms with Crippen LogP contribution in [-0.2, 0) is 9.47 Å². The van der Waals surface area contributed by atoms with Crippen molar-refractivity contribution in [1.82, 2.24) is 15.2 Å². The molecule has 2 amide bonds. The van der Waals surface area contributed by atoms with Gasteiger partial charge in [-0.3, -0.25) is 14.6 Å². The van der Waals surface area contributed by atoms with Crippen molar-refractivity contribution in [3.63, 3.8) is 0 Å². The van der Waals surface area contributed by atoms with E-state index in [9.17, 15) is 9.59 Å². The summed E-state index contributed by atoms with van der Waals surface area (Å²) in [6, 6.07) is 3.18. The molecule has 0 aliphatic carbocycles. The molecule has 1 N–H and O–H groups in total. The highest BCUT2D eigenvalue weighted by Crippen LogP contribution is 2.31. The highest BCUT2D eigenvalue weighted by molar-refractivity contribution is 5.98. The summed E-state index contributed by atoms with van der Waals surface area (Å²) in [7, 11) is 0. The van der Waals surface area contributed by atoms with E-state index in [0.29, 0.717) is 62.9 Å². The van der Waals surface area contributed by atoms with Crippen molar-refractivity contribution in [2.24, 2.45) is 5.92 Å². The molecule has 136 valence electrons. The Morgan fingerprint density at radius 1 is 1.28 bits per heavy atom. The molecule has 0 saturated carbocycles. The summed E-state index contributed by atoms with van der Waals surface area (Å²) < 4.78 is 11.4. The van der Waals surface area contributed by atoms with E-state index in [-0.39, 0.29) is 11.8 Å². The van der Waals surface area contributed by atoms with E-state index in [2.05, 4.69) is 10.3 Å². The number of hydrogen-bond donors (Lipinski definition) is 1. The van der Waals surface area contributed by atoms with Gasteiger partial charge >= 0.3 is 0 Å². The van der Waals surface area contributed by atoms with Crippen molar-refractivity contribution < 1.29 is 19.1 Å². The van der Waals surface area contributed by atoms with E-state index >= 15 is 0 Å². The first-order chi connectivity index (χ1) is 12.0. The third-order valence-corrected chi connectivity index (χ3v) is 4.54. The lowest BCUT2D eigenvalue weighted by Crippen LogP contribution is -2.47. The smallest absolute Gasteiger partial charge is 0.272 e. The van der Waals surface area contributed by atoms with Crippen LogP contribution in [-0.4, -0.2) is 60.3 Å². The van der Waals surface area contributed by atoms with Crippen molar-refractivity contribution in [2.45, 2.75) is 32.5 Å². The topological polar surface area (TPSA) is 80.8 Å². The summed E-state index contributed by atoms with van der Waals surface area (Å²) in [4.78, 5) is 30.8. The fourth-order valence-corrected chi connectivity index (χ4v) is 3.09. The molecule has 7 nitrogen and oxygen atoms in total. The maximum atomic E-state index is 12.7. The monoisotopic (exact) mass is 347 g/mol. The molecule has 0 radical (unpaired) electrons. The van der Waals surface area contributed by atoms with Crippen LogP contribution in [0, 0.1) is 5.92 Å². The number of ether oxygens (including phenoxy) is 2. The van der Waals surface area contributed by atoms with Crippen molar-refractivity contribution in [2.75, 3.05) is 32.8 Å². The van der Waals surface area contributed by atoms with Crippen LogP contribution in [0.15, 0.2) is 18.3 Å². The van der Waals surface area contributed by atoms with E-state index in [1.807, 2.05) is 13.8 Å². The normalized spacial score (nSPS) is 19.4. The van der Waals surface area contributed by atoms with Gasteiger partial charge in [0.25, 0.3) is 11.8 Å². The number of nitrogens with zero attached hydrogens (tertiary/aromatic N) is 2. The summed E-state index contributed by atoms with van der Waals surface area (Å²) in [5.41, 5.74) is 0.747. The molecule has 0 atom stereocenters. The predicted octanol–water partition coefficient (Wildman–Crippen LogP) is 1.45. The zero-order chi connectivity index (χ0) is 17.9. The molecule has 2 saturated heterocycles. The average Bonchev–Trinajstić information content (AvgIpc) is 3.08. The van der Waals surface area contributed by atoms with Crippen LogP contribution in [0.1, 0.15) is 47.5 Å². The predicted molar refractivity (Wildman–Crippen MR) is 91.2 cm³/mol. The number of likely N-dealkylation sites (tertiary alicyclic amines) is 1. The molecule has 0 aromatic carbocycles. The summed E-state index contributed by atoms with van der Waals surface area (Å²) in [6.45, 7) is 7.00. The van der Waals surface area contributed by atoms with Gasteiger partial charge in [0, 0.05) is 44.2 Å². The second-order valence-corrected chi connectivity index (χ2v) is 6.93. The molecule has 1 aromatic rings. The van der Waals surface area contributed by atoms with Crippen molar-refractivity contribution in [3.8, 4) is 0 Å². The Kier molecular flexibility index (Phi) is 5.34. The summed E-state index contributed by atoms with van der Waals surface area (Å²) in [5, 5.41) is 2.85. The lowest BCUT2D eigenvalue weighted by molar-refractivity contribution is -0.181. The third kappa shape index (κ3) is 4.16. The van der Waals surface area contributed by atoms with Gasteiger partial charge in [-0.15, -0.1) is 0 Å². The molecule has 1 aromatic heterocycles. The highest BCUT2D eigenvalue weighted by atomic mass is 16.7. The standard InChI is InChI=1S/C18H25N3O4/c1-13(2)12-20-16(22)14-3-6-19-15(11-14)17(23)21-7-4-18(5-8-21)24-9-10-25-18/h3,6,11,13H,4-5,7-10,12H2,1-2H3,(H,20,22). The highest BCUT2D eigenvalue weighted by Gasteiger charge is 2.41. The maximum absolute atomic E-state index is 12.7. The van der Waals surface area contributed by atoms with Gasteiger partial charge in [-0.2, -0.15) is 0 Å². The Morgan fingerprint density at radius 2 is 1.96 bits per heavy atom. The lowest BCUT2D eigenvalue weighted by Gasteiger charge is -2.37. The van der Waals surface area contributed by atoms with Crippen LogP contribution in [0.3, 0.4) is 0 Å². The van der Waals surface area contributed by atoms with Gasteiger partial charge in [-0.25, -0.2) is 0 Å². The molecule has 0 bridgehead atoms. The van der Waals surface area contributed by atoms with E-state index in [4.69, 9.17) is 9.47 Å². The zero-order valence-corrected chi connectivity index (χ0v) is 14.8. The number of nitrogens with one attached hydrogen (secondary N) is 1. The molecule has 0 unspecified atom stereocenters. The number of piperidine rings is 1. The number of aromatic nitrogens is 1. The van der Waals surface area contributed by atoms with Crippen LogP contribution >= 0.6 is 0 Å². The molecular formula is C18H25N3O4. The summed E-state index contributed by atoms with van der Waals surface area (Å²) in [6.07, 6.45) is 2.83. The van der Waals surface area contributed by atoms with Gasteiger partial charge in [-0.05, 0) is 18.1 Å². The second-order valence-electron chi connectivity index (χ2n) is 6.93. The van der Waals surface area contributed by atoms with E-state index in [1.54, 1.807) is 17.0 Å². The first-order valence-electron chi connectivity index (χ1n) is 8.80. The van der Waals surface area contributed by atoms with Gasteiger partial charge in [0.05, 0.1) is 13.2 Å². The Morgan fingerprint density at radius 3 is 2.60 bits per heavy atom. The molecule has 2 aliphatic rings. The van der Waals surface area contributed by atoms with Gasteiger partial charge in [-0.1, -0.05) is 13.8 Å². The maximum Gasteiger partial charge on any atom is 0.272 e. The number of carbonyl (C=O) groups excluding carboxylic acids is 2. The van der Waals surface area contributed by atoms with E-state index < -0.39 is 5.79 Å². The SMILES string of the molecule is CC(C)CNC(=O)c1ccnc(C(=O)N2CCC3(CC2)OCCO3)c1. The van der Waals surface area contributed by atoms with Crippen LogP contribution in [0.5, 0.6) is 0 Å². The number of rotatable bonds is 4. The minimum atomic E-state index is -0.511. The van der Waals surface area contributed by atoms with Gasteiger partial charge in [0.15, 0.2) is 5.79 Å². The van der Waals surface area contributed by atoms with Crippen LogP contribution in [0.25, 0.3) is 0 Å². The van der Waals surface area contributed by atoms with Crippen LogP contribution in [0.2, 0.25) is 0 Å².